The van der Waals surface area contributed by atoms with Gasteiger partial charge in [-0.05, 0) is 49.6 Å². The molecule has 0 atom stereocenters. The summed E-state index contributed by atoms with van der Waals surface area (Å²) < 4.78 is 7.50. The van der Waals surface area contributed by atoms with Gasteiger partial charge in [0, 0.05) is 66.0 Å². The highest BCUT2D eigenvalue weighted by molar-refractivity contribution is 6.30. The van der Waals surface area contributed by atoms with E-state index in [0.717, 1.165) is 52.3 Å². The van der Waals surface area contributed by atoms with Gasteiger partial charge in [0.05, 0.1) is 22.9 Å². The maximum Gasteiger partial charge on any atom is 0.274 e. The van der Waals surface area contributed by atoms with E-state index >= 15 is 0 Å². The molecule has 10 heteroatoms. The van der Waals surface area contributed by atoms with Crippen LogP contribution in [0.15, 0.2) is 47.4 Å². The third-order valence-electron chi connectivity index (χ3n) is 8.01. The first-order valence-corrected chi connectivity index (χ1v) is 13.6. The fraction of sp³-hybridized carbons (Fsp3) is 0.310. The van der Waals surface area contributed by atoms with E-state index in [2.05, 4.69) is 20.2 Å². The fourth-order valence-electron chi connectivity index (χ4n) is 5.90. The molecule has 2 N–H and O–H groups in total. The largest absolute Gasteiger partial charge is 0.381 e. The number of aryl methyl sites for hydroxylation is 1. The minimum atomic E-state index is -0.218. The van der Waals surface area contributed by atoms with Crippen LogP contribution >= 0.6 is 11.6 Å². The molecule has 39 heavy (non-hydrogen) atoms. The summed E-state index contributed by atoms with van der Waals surface area (Å²) in [6, 6.07) is 11.4. The number of benzene rings is 2. The monoisotopic (exact) mass is 542 g/mol. The van der Waals surface area contributed by atoms with Crippen molar-refractivity contribution in [3.63, 3.8) is 0 Å². The predicted molar refractivity (Wildman–Crippen MR) is 148 cm³/mol. The van der Waals surface area contributed by atoms with Crippen LogP contribution in [0.1, 0.15) is 51.8 Å². The van der Waals surface area contributed by atoms with Crippen molar-refractivity contribution in [3.8, 4) is 11.3 Å². The molecule has 5 heterocycles. The summed E-state index contributed by atoms with van der Waals surface area (Å²) in [6.07, 6.45) is 4.07. The molecule has 9 nitrogen and oxygen atoms in total. The average molecular weight is 543 g/mol. The lowest BCUT2D eigenvalue weighted by Crippen LogP contribution is -2.36. The van der Waals surface area contributed by atoms with Crippen molar-refractivity contribution in [1.29, 1.82) is 0 Å². The van der Waals surface area contributed by atoms with Crippen LogP contribution in [0.25, 0.3) is 27.8 Å². The van der Waals surface area contributed by atoms with Gasteiger partial charge in [0.1, 0.15) is 11.3 Å². The van der Waals surface area contributed by atoms with Gasteiger partial charge in [0.25, 0.3) is 11.5 Å². The lowest BCUT2D eigenvalue weighted by molar-refractivity contribution is 0.0734. The Morgan fingerprint density at radius 3 is 2.72 bits per heavy atom. The Kier molecular flexibility index (Phi) is 5.79. The Morgan fingerprint density at radius 2 is 1.92 bits per heavy atom. The topological polar surface area (TPSA) is 108 Å². The number of amides is 1. The van der Waals surface area contributed by atoms with E-state index in [0.29, 0.717) is 54.3 Å². The van der Waals surface area contributed by atoms with E-state index < -0.39 is 0 Å². The molecule has 2 aliphatic rings. The minimum Gasteiger partial charge on any atom is -0.381 e. The van der Waals surface area contributed by atoms with Crippen LogP contribution in [0, 0.1) is 6.92 Å². The van der Waals surface area contributed by atoms with Gasteiger partial charge in [-0.25, -0.2) is 4.98 Å². The molecule has 0 radical (unpaired) electrons. The van der Waals surface area contributed by atoms with Crippen LogP contribution in [-0.4, -0.2) is 55.1 Å². The van der Waals surface area contributed by atoms with Crippen LogP contribution < -0.4 is 5.56 Å². The van der Waals surface area contributed by atoms with Crippen molar-refractivity contribution in [2.24, 2.45) is 0 Å². The third kappa shape index (κ3) is 4.04. The molecule has 7 rings (SSSR count). The number of hydrogen-bond donors (Lipinski definition) is 2. The molecule has 198 valence electrons. The number of nitrogens with one attached hydrogen (secondary N) is 2. The summed E-state index contributed by atoms with van der Waals surface area (Å²) in [7, 11) is 0. The van der Waals surface area contributed by atoms with E-state index in [1.165, 1.54) is 0 Å². The Hall–Kier alpha value is -3.95. The Morgan fingerprint density at radius 1 is 1.13 bits per heavy atom. The lowest BCUT2D eigenvalue weighted by Gasteiger charge is -2.28. The van der Waals surface area contributed by atoms with Crippen molar-refractivity contribution in [2.45, 2.75) is 38.6 Å². The number of carbonyl (C=O) groups is 1. The molecule has 0 saturated carbocycles. The number of rotatable bonds is 3. The summed E-state index contributed by atoms with van der Waals surface area (Å²) in [5.74, 6) is 1.03. The molecule has 5 aromatic rings. The first kappa shape index (κ1) is 24.1. The second kappa shape index (κ2) is 9.36. The second-order valence-corrected chi connectivity index (χ2v) is 10.8. The normalized spacial score (nSPS) is 16.2. The number of H-pyrrole nitrogens is 2. The van der Waals surface area contributed by atoms with Crippen LogP contribution in [-0.2, 0) is 17.7 Å². The zero-order chi connectivity index (χ0) is 26.7. The van der Waals surface area contributed by atoms with Crippen molar-refractivity contribution in [2.75, 3.05) is 19.8 Å². The minimum absolute atomic E-state index is 0.0699. The fourth-order valence-corrected chi connectivity index (χ4v) is 6.03. The number of carbonyl (C=O) groups excluding carboxylic acids is 1. The van der Waals surface area contributed by atoms with Gasteiger partial charge in [0.15, 0.2) is 0 Å². The lowest BCUT2D eigenvalue weighted by atomic mass is 9.98. The number of ether oxygens (including phenoxy) is 1. The predicted octanol–water partition coefficient (Wildman–Crippen LogP) is 4.62. The molecule has 1 amide bonds. The molecule has 3 aromatic heterocycles. The number of hydrogen-bond acceptors (Lipinski definition) is 5. The molecular weight excluding hydrogens is 516 g/mol. The molecule has 2 aromatic carbocycles. The number of aromatic amines is 2. The average Bonchev–Trinajstić information content (AvgIpc) is 3.59. The highest BCUT2D eigenvalue weighted by Gasteiger charge is 2.28. The number of fused-ring (bicyclic) bond motifs is 4. The Balaban J connectivity index is 1.26. The highest BCUT2D eigenvalue weighted by Crippen LogP contribution is 2.32. The summed E-state index contributed by atoms with van der Waals surface area (Å²) >= 11 is 6.08. The van der Waals surface area contributed by atoms with Crippen LogP contribution in [0.2, 0.25) is 5.02 Å². The van der Waals surface area contributed by atoms with E-state index in [4.69, 9.17) is 16.3 Å². The zero-order valence-electron chi connectivity index (χ0n) is 21.5. The second-order valence-electron chi connectivity index (χ2n) is 10.4. The van der Waals surface area contributed by atoms with Gasteiger partial charge in [-0.15, -0.1) is 0 Å². The molecule has 0 unspecified atom stereocenters. The molecule has 1 saturated heterocycles. The van der Waals surface area contributed by atoms with Crippen molar-refractivity contribution >= 4 is 34.1 Å². The smallest absolute Gasteiger partial charge is 0.274 e. The number of aromatic nitrogens is 5. The van der Waals surface area contributed by atoms with Crippen LogP contribution in [0.3, 0.4) is 0 Å². The van der Waals surface area contributed by atoms with Gasteiger partial charge in [-0.3, -0.25) is 19.1 Å². The summed E-state index contributed by atoms with van der Waals surface area (Å²) in [5.41, 5.74) is 7.04. The van der Waals surface area contributed by atoms with E-state index in [1.54, 1.807) is 6.20 Å². The highest BCUT2D eigenvalue weighted by atomic mass is 35.5. The van der Waals surface area contributed by atoms with Gasteiger partial charge in [0.2, 0.25) is 0 Å². The van der Waals surface area contributed by atoms with Crippen molar-refractivity contribution in [1.82, 2.24) is 29.5 Å². The summed E-state index contributed by atoms with van der Waals surface area (Å²) in [6.45, 7) is 4.35. The standard InChI is InChI=1S/C29H27ClN6O3/c1-16-12-24-23(32-28(37)25-14-31-27(36(24)25)18-7-10-39-11-8-18)13-20(16)29(38)35-9-6-22-21(15-35)26(34-33-22)17-2-4-19(30)5-3-17/h2-5,12-14,18H,6-11,15H2,1H3,(H,32,37)(H,33,34). The molecule has 0 aliphatic carbocycles. The number of nitrogens with zero attached hydrogens (tertiary/aromatic N) is 4. The Bertz CT molecular complexity index is 1800. The first-order valence-electron chi connectivity index (χ1n) is 13.2. The molecule has 0 spiro atoms. The first-order chi connectivity index (χ1) is 19.0. The van der Waals surface area contributed by atoms with Crippen molar-refractivity contribution < 1.29 is 9.53 Å². The Labute approximate surface area is 228 Å². The molecule has 2 aliphatic heterocycles. The summed E-state index contributed by atoms with van der Waals surface area (Å²) in [5, 5.41) is 8.36. The van der Waals surface area contributed by atoms with Crippen molar-refractivity contribution in [3.05, 3.63) is 86.2 Å². The number of imidazole rings is 1. The van der Waals surface area contributed by atoms with Gasteiger partial charge in [-0.1, -0.05) is 23.7 Å². The number of halogens is 1. The van der Waals surface area contributed by atoms with Crippen LogP contribution in [0.5, 0.6) is 0 Å². The van der Waals surface area contributed by atoms with E-state index in [-0.39, 0.29) is 17.4 Å². The van der Waals surface area contributed by atoms with E-state index in [1.807, 2.05) is 52.6 Å². The SMILES string of the molecule is Cc1cc2c(cc1C(=O)N1CCc3[nH]nc(-c4ccc(Cl)cc4)c3C1)[nH]c(=O)c1cnc(C3CCOCC3)n12. The van der Waals surface area contributed by atoms with Crippen LogP contribution in [0.4, 0.5) is 0 Å². The molecule has 1 fully saturated rings. The maximum absolute atomic E-state index is 13.9. The summed E-state index contributed by atoms with van der Waals surface area (Å²) in [4.78, 5) is 36.3. The third-order valence-corrected chi connectivity index (χ3v) is 8.26. The quantitative estimate of drug-likeness (QED) is 0.346. The maximum atomic E-state index is 13.9. The zero-order valence-corrected chi connectivity index (χ0v) is 22.2. The molecule has 0 bridgehead atoms. The van der Waals surface area contributed by atoms with E-state index in [9.17, 15) is 9.59 Å². The molecular formula is C29H27ClN6O3. The van der Waals surface area contributed by atoms with Gasteiger partial charge in [-0.2, -0.15) is 5.10 Å². The van der Waals surface area contributed by atoms with Gasteiger partial charge < -0.3 is 14.6 Å². The van der Waals surface area contributed by atoms with Gasteiger partial charge >= 0.3 is 0 Å².